The normalized spacial score (nSPS) is 20.5. The van der Waals surface area contributed by atoms with Crippen molar-refractivity contribution in [2.75, 3.05) is 23.8 Å². The van der Waals surface area contributed by atoms with E-state index < -0.39 is 0 Å². The summed E-state index contributed by atoms with van der Waals surface area (Å²) < 4.78 is 0. The molecule has 1 saturated heterocycles. The molecule has 2 rings (SSSR count). The number of aliphatic hydroxyl groups is 1. The molecule has 0 amide bonds. The molecule has 1 aliphatic heterocycles. The number of aromatic amines is 1. The average molecular weight is 238 g/mol. The third-order valence-electron chi connectivity index (χ3n) is 3.23. The molecule has 1 aromatic rings. The first-order chi connectivity index (χ1) is 8.24. The lowest BCUT2D eigenvalue weighted by Crippen LogP contribution is -2.41. The highest BCUT2D eigenvalue weighted by molar-refractivity contribution is 5.61. The van der Waals surface area contributed by atoms with Gasteiger partial charge in [-0.25, -0.2) is 4.98 Å². The van der Waals surface area contributed by atoms with E-state index in [1.807, 2.05) is 4.90 Å². The second kappa shape index (κ2) is 5.18. The number of nitrogens with zero attached hydrogens (tertiary/aromatic N) is 2. The van der Waals surface area contributed by atoms with Crippen LogP contribution < -0.4 is 16.2 Å². The molecule has 4 N–H and O–H groups in total. The predicted molar refractivity (Wildman–Crippen MR) is 66.0 cm³/mol. The smallest absolute Gasteiger partial charge is 0.276 e. The maximum atomic E-state index is 11.5. The molecular weight excluding hydrogens is 220 g/mol. The summed E-state index contributed by atoms with van der Waals surface area (Å²) in [6.07, 6.45) is 5.28. The molecule has 0 bridgehead atoms. The van der Waals surface area contributed by atoms with E-state index in [2.05, 4.69) is 9.97 Å². The quantitative estimate of drug-likeness (QED) is 0.694. The van der Waals surface area contributed by atoms with E-state index in [1.165, 1.54) is 6.33 Å². The van der Waals surface area contributed by atoms with Crippen molar-refractivity contribution in [2.45, 2.75) is 31.7 Å². The first kappa shape index (κ1) is 11.9. The number of nitrogen functional groups attached to an aromatic ring is 1. The van der Waals surface area contributed by atoms with Crippen molar-refractivity contribution in [3.8, 4) is 0 Å². The van der Waals surface area contributed by atoms with Crippen molar-refractivity contribution in [3.63, 3.8) is 0 Å². The first-order valence-electron chi connectivity index (χ1n) is 5.94. The van der Waals surface area contributed by atoms with E-state index in [0.717, 1.165) is 25.8 Å². The lowest BCUT2D eigenvalue weighted by Gasteiger charge is -2.36. The lowest BCUT2D eigenvalue weighted by molar-refractivity contribution is 0.262. The molecule has 1 aliphatic rings. The first-order valence-corrected chi connectivity index (χ1v) is 5.94. The van der Waals surface area contributed by atoms with Crippen molar-refractivity contribution in [2.24, 2.45) is 0 Å². The van der Waals surface area contributed by atoms with Gasteiger partial charge in [-0.15, -0.1) is 0 Å². The molecule has 94 valence electrons. The van der Waals surface area contributed by atoms with Gasteiger partial charge in [0.15, 0.2) is 5.82 Å². The second-order valence-electron chi connectivity index (χ2n) is 4.32. The van der Waals surface area contributed by atoms with Crippen LogP contribution in [0.4, 0.5) is 11.5 Å². The summed E-state index contributed by atoms with van der Waals surface area (Å²) in [5.74, 6) is 0.548. The van der Waals surface area contributed by atoms with Gasteiger partial charge in [0.1, 0.15) is 5.69 Å². The van der Waals surface area contributed by atoms with E-state index in [-0.39, 0.29) is 23.9 Å². The molecule has 1 aromatic heterocycles. The van der Waals surface area contributed by atoms with E-state index in [9.17, 15) is 4.79 Å². The van der Waals surface area contributed by atoms with Crippen LogP contribution in [0, 0.1) is 0 Å². The highest BCUT2D eigenvalue weighted by atomic mass is 16.3. The predicted octanol–water partition coefficient (Wildman–Crippen LogP) is 0.0934. The third kappa shape index (κ3) is 2.41. The number of nitrogens with one attached hydrogen (secondary N) is 1. The summed E-state index contributed by atoms with van der Waals surface area (Å²) in [4.78, 5) is 20.1. The summed E-state index contributed by atoms with van der Waals surface area (Å²) in [6.45, 7) is 0.982. The van der Waals surface area contributed by atoms with Crippen molar-refractivity contribution in [1.29, 1.82) is 0 Å². The zero-order valence-corrected chi connectivity index (χ0v) is 9.72. The van der Waals surface area contributed by atoms with E-state index >= 15 is 0 Å². The molecule has 0 aromatic carbocycles. The Hall–Kier alpha value is -1.56. The monoisotopic (exact) mass is 238 g/mol. The molecule has 6 heteroatoms. The van der Waals surface area contributed by atoms with Gasteiger partial charge >= 0.3 is 0 Å². The topological polar surface area (TPSA) is 95.2 Å². The van der Waals surface area contributed by atoms with Crippen LogP contribution in [-0.4, -0.2) is 34.3 Å². The summed E-state index contributed by atoms with van der Waals surface area (Å²) in [5.41, 5.74) is 5.62. The van der Waals surface area contributed by atoms with Gasteiger partial charge in [0, 0.05) is 19.2 Å². The van der Waals surface area contributed by atoms with E-state index in [1.54, 1.807) is 0 Å². The fourth-order valence-electron chi connectivity index (χ4n) is 2.36. The molecular formula is C11H18N4O2. The average Bonchev–Trinajstić information content (AvgIpc) is 2.34. The number of aromatic nitrogens is 2. The molecule has 1 atom stereocenters. The maximum Gasteiger partial charge on any atom is 0.276 e. The Morgan fingerprint density at radius 2 is 2.41 bits per heavy atom. The number of piperidine rings is 1. The fraction of sp³-hybridized carbons (Fsp3) is 0.636. The minimum Gasteiger partial charge on any atom is -0.396 e. The van der Waals surface area contributed by atoms with Crippen LogP contribution in [0.2, 0.25) is 0 Å². The minimum absolute atomic E-state index is 0.143. The number of nitrogens with two attached hydrogens (primary N) is 1. The fourth-order valence-corrected chi connectivity index (χ4v) is 2.36. The Labute approximate surface area is 99.5 Å². The van der Waals surface area contributed by atoms with Crippen molar-refractivity contribution < 1.29 is 5.11 Å². The zero-order chi connectivity index (χ0) is 12.3. The van der Waals surface area contributed by atoms with Gasteiger partial charge < -0.3 is 20.7 Å². The Morgan fingerprint density at radius 3 is 3.18 bits per heavy atom. The number of anilines is 2. The van der Waals surface area contributed by atoms with E-state index in [0.29, 0.717) is 12.2 Å². The number of aliphatic hydroxyl groups excluding tert-OH is 1. The molecule has 2 heterocycles. The highest BCUT2D eigenvalue weighted by Gasteiger charge is 2.25. The molecule has 0 aliphatic carbocycles. The Bertz CT molecular complexity index is 430. The van der Waals surface area contributed by atoms with Crippen LogP contribution in [0.15, 0.2) is 11.1 Å². The molecule has 0 saturated carbocycles. The summed E-state index contributed by atoms with van der Waals surface area (Å²) in [7, 11) is 0. The van der Waals surface area contributed by atoms with Crippen LogP contribution in [-0.2, 0) is 0 Å². The van der Waals surface area contributed by atoms with Crippen LogP contribution in [0.5, 0.6) is 0 Å². The van der Waals surface area contributed by atoms with Gasteiger partial charge in [0.2, 0.25) is 0 Å². The molecule has 0 radical (unpaired) electrons. The van der Waals surface area contributed by atoms with Crippen LogP contribution in [0.25, 0.3) is 0 Å². The molecule has 1 fully saturated rings. The molecule has 17 heavy (non-hydrogen) atoms. The Morgan fingerprint density at radius 1 is 1.59 bits per heavy atom. The van der Waals surface area contributed by atoms with Crippen molar-refractivity contribution >= 4 is 11.5 Å². The van der Waals surface area contributed by atoms with Crippen LogP contribution in [0.1, 0.15) is 25.7 Å². The van der Waals surface area contributed by atoms with Gasteiger partial charge in [0.25, 0.3) is 5.56 Å². The SMILES string of the molecule is Nc1c(N2CCCCC2CCO)nc[nH]c1=O. The molecule has 1 unspecified atom stereocenters. The van der Waals surface area contributed by atoms with Gasteiger partial charge in [0.05, 0.1) is 6.33 Å². The largest absolute Gasteiger partial charge is 0.396 e. The Kier molecular flexibility index (Phi) is 3.63. The number of rotatable bonds is 3. The summed E-state index contributed by atoms with van der Waals surface area (Å²) >= 11 is 0. The third-order valence-corrected chi connectivity index (χ3v) is 3.23. The minimum atomic E-state index is -0.302. The van der Waals surface area contributed by atoms with E-state index in [4.69, 9.17) is 10.8 Å². The van der Waals surface area contributed by atoms with Crippen molar-refractivity contribution in [1.82, 2.24) is 9.97 Å². The molecule has 0 spiro atoms. The number of hydrogen-bond donors (Lipinski definition) is 3. The van der Waals surface area contributed by atoms with Gasteiger partial charge in [-0.3, -0.25) is 4.79 Å². The molecule has 6 nitrogen and oxygen atoms in total. The van der Waals surface area contributed by atoms with Gasteiger partial charge in [-0.05, 0) is 25.7 Å². The number of H-pyrrole nitrogens is 1. The highest BCUT2D eigenvalue weighted by Crippen LogP contribution is 2.26. The zero-order valence-electron chi connectivity index (χ0n) is 9.72. The van der Waals surface area contributed by atoms with Gasteiger partial charge in [-0.1, -0.05) is 0 Å². The summed E-state index contributed by atoms with van der Waals surface area (Å²) in [6, 6.07) is 0.227. The van der Waals surface area contributed by atoms with Gasteiger partial charge in [-0.2, -0.15) is 0 Å². The standard InChI is InChI=1S/C11H18N4O2/c12-9-10(13-7-14-11(9)17)15-5-2-1-3-8(15)4-6-16/h7-8,16H,1-6,12H2,(H,13,14,17). The van der Waals surface area contributed by atoms with Crippen LogP contribution in [0.3, 0.4) is 0 Å². The number of hydrogen-bond acceptors (Lipinski definition) is 5. The van der Waals surface area contributed by atoms with Crippen LogP contribution >= 0.6 is 0 Å². The van der Waals surface area contributed by atoms with Crippen molar-refractivity contribution in [3.05, 3.63) is 16.7 Å². The Balaban J connectivity index is 2.29. The second-order valence-corrected chi connectivity index (χ2v) is 4.32. The maximum absolute atomic E-state index is 11.5. The summed E-state index contributed by atoms with van der Waals surface area (Å²) in [5, 5.41) is 9.06. The lowest BCUT2D eigenvalue weighted by atomic mass is 9.99.